The van der Waals surface area contributed by atoms with Gasteiger partial charge in [-0.1, -0.05) is 18.2 Å². The third-order valence-corrected chi connectivity index (χ3v) is 5.05. The van der Waals surface area contributed by atoms with Gasteiger partial charge in [-0.2, -0.15) is 0 Å². The average molecular weight is 315 g/mol. The summed E-state index contributed by atoms with van der Waals surface area (Å²) in [5.74, 6) is 0.507. The highest BCUT2D eigenvalue weighted by Crippen LogP contribution is 2.31. The number of carbonyl (C=O) groups excluding carboxylic acids is 2. The molecule has 124 valence electrons. The van der Waals surface area contributed by atoms with Crippen LogP contribution in [-0.4, -0.2) is 47.8 Å². The van der Waals surface area contributed by atoms with E-state index in [1.807, 2.05) is 18.2 Å². The number of nitrogens with two attached hydrogens (primary N) is 1. The van der Waals surface area contributed by atoms with E-state index in [0.29, 0.717) is 31.7 Å². The Morgan fingerprint density at radius 1 is 1.00 bits per heavy atom. The predicted octanol–water partition coefficient (Wildman–Crippen LogP) is 1.99. The molecule has 5 nitrogen and oxygen atoms in total. The fourth-order valence-electron chi connectivity index (χ4n) is 3.64. The van der Waals surface area contributed by atoms with Crippen LogP contribution >= 0.6 is 0 Å². The van der Waals surface area contributed by atoms with Crippen molar-refractivity contribution in [2.45, 2.75) is 38.0 Å². The van der Waals surface area contributed by atoms with E-state index in [0.717, 1.165) is 38.2 Å². The zero-order chi connectivity index (χ0) is 16.2. The number of nitrogen functional groups attached to an aromatic ring is 1. The molecule has 0 unspecified atom stereocenters. The lowest BCUT2D eigenvalue weighted by Gasteiger charge is -2.34. The molecular formula is C18H25N3O2. The van der Waals surface area contributed by atoms with Crippen molar-refractivity contribution in [1.29, 1.82) is 0 Å². The van der Waals surface area contributed by atoms with Gasteiger partial charge in [-0.25, -0.2) is 0 Å². The van der Waals surface area contributed by atoms with Crippen LogP contribution in [0.4, 0.5) is 5.69 Å². The molecule has 2 aliphatic heterocycles. The first-order valence-corrected chi connectivity index (χ1v) is 8.55. The standard InChI is InChI=1S/C18H25N3O2/c19-16-5-2-1-4-15(16)14-8-10-20(11-9-14)12-13-21-17(22)6-3-7-18(21)23/h1-2,4-5,14H,3,6-13,19H2. The summed E-state index contributed by atoms with van der Waals surface area (Å²) in [5.41, 5.74) is 8.22. The lowest BCUT2D eigenvalue weighted by Crippen LogP contribution is -2.45. The van der Waals surface area contributed by atoms with Gasteiger partial charge in [0.05, 0.1) is 0 Å². The Morgan fingerprint density at radius 2 is 1.65 bits per heavy atom. The quantitative estimate of drug-likeness (QED) is 0.681. The molecule has 0 bridgehead atoms. The first kappa shape index (κ1) is 16.0. The van der Waals surface area contributed by atoms with Crippen molar-refractivity contribution in [2.24, 2.45) is 0 Å². The van der Waals surface area contributed by atoms with Gasteiger partial charge in [-0.05, 0) is 49.9 Å². The maximum Gasteiger partial charge on any atom is 0.229 e. The SMILES string of the molecule is Nc1ccccc1C1CCN(CCN2C(=O)CCCC2=O)CC1. The average Bonchev–Trinajstić information content (AvgIpc) is 2.56. The maximum absolute atomic E-state index is 11.8. The summed E-state index contributed by atoms with van der Waals surface area (Å²) >= 11 is 0. The number of rotatable bonds is 4. The number of hydrogen-bond acceptors (Lipinski definition) is 4. The van der Waals surface area contributed by atoms with Gasteiger partial charge in [-0.15, -0.1) is 0 Å². The molecule has 23 heavy (non-hydrogen) atoms. The summed E-state index contributed by atoms with van der Waals surface area (Å²) < 4.78 is 0. The van der Waals surface area contributed by atoms with E-state index >= 15 is 0 Å². The number of benzene rings is 1. The van der Waals surface area contributed by atoms with Gasteiger partial charge in [0.1, 0.15) is 0 Å². The topological polar surface area (TPSA) is 66.6 Å². The molecule has 1 aromatic carbocycles. The van der Waals surface area contributed by atoms with Crippen LogP contribution in [0.25, 0.3) is 0 Å². The highest BCUT2D eigenvalue weighted by atomic mass is 16.2. The zero-order valence-corrected chi connectivity index (χ0v) is 13.5. The van der Waals surface area contributed by atoms with Crippen LogP contribution < -0.4 is 5.73 Å². The highest BCUT2D eigenvalue weighted by molar-refractivity contribution is 5.97. The minimum Gasteiger partial charge on any atom is -0.398 e. The molecule has 0 spiro atoms. The molecule has 2 heterocycles. The van der Waals surface area contributed by atoms with E-state index < -0.39 is 0 Å². The second-order valence-corrected chi connectivity index (χ2v) is 6.54. The van der Waals surface area contributed by atoms with Gasteiger partial charge in [0.2, 0.25) is 11.8 Å². The first-order valence-electron chi connectivity index (χ1n) is 8.55. The summed E-state index contributed by atoms with van der Waals surface area (Å²) in [5, 5.41) is 0. The maximum atomic E-state index is 11.8. The van der Waals surface area contributed by atoms with E-state index in [9.17, 15) is 9.59 Å². The second-order valence-electron chi connectivity index (χ2n) is 6.54. The fourth-order valence-corrected chi connectivity index (χ4v) is 3.64. The minimum atomic E-state index is -0.00630. The lowest BCUT2D eigenvalue weighted by molar-refractivity contribution is -0.148. The van der Waals surface area contributed by atoms with Crippen molar-refractivity contribution in [3.05, 3.63) is 29.8 Å². The van der Waals surface area contributed by atoms with Crippen LogP contribution in [0, 0.1) is 0 Å². The van der Waals surface area contributed by atoms with E-state index in [1.165, 1.54) is 10.5 Å². The van der Waals surface area contributed by atoms with Crippen LogP contribution in [-0.2, 0) is 9.59 Å². The van der Waals surface area contributed by atoms with Crippen LogP contribution in [0.5, 0.6) is 0 Å². The number of carbonyl (C=O) groups is 2. The number of amides is 2. The third-order valence-electron chi connectivity index (χ3n) is 5.05. The zero-order valence-electron chi connectivity index (χ0n) is 13.5. The van der Waals surface area contributed by atoms with Crippen molar-refractivity contribution in [2.75, 3.05) is 31.9 Å². The Morgan fingerprint density at radius 3 is 2.30 bits per heavy atom. The number of para-hydroxylation sites is 1. The molecule has 0 aliphatic carbocycles. The van der Waals surface area contributed by atoms with E-state index in [4.69, 9.17) is 5.73 Å². The molecule has 2 saturated heterocycles. The molecule has 2 amide bonds. The number of nitrogens with zero attached hydrogens (tertiary/aromatic N) is 2. The molecule has 0 radical (unpaired) electrons. The van der Waals surface area contributed by atoms with E-state index in [-0.39, 0.29) is 11.8 Å². The Bertz CT molecular complexity index is 563. The normalized spacial score (nSPS) is 21.0. The van der Waals surface area contributed by atoms with Gasteiger partial charge in [0.25, 0.3) is 0 Å². The van der Waals surface area contributed by atoms with Crippen molar-refractivity contribution < 1.29 is 9.59 Å². The monoisotopic (exact) mass is 315 g/mol. The van der Waals surface area contributed by atoms with Gasteiger partial charge in [0.15, 0.2) is 0 Å². The van der Waals surface area contributed by atoms with Gasteiger partial charge in [0, 0.05) is 31.6 Å². The van der Waals surface area contributed by atoms with Crippen molar-refractivity contribution in [3.8, 4) is 0 Å². The summed E-state index contributed by atoms with van der Waals surface area (Å²) in [4.78, 5) is 27.5. The Balaban J connectivity index is 1.49. The van der Waals surface area contributed by atoms with E-state index in [1.54, 1.807) is 0 Å². The smallest absolute Gasteiger partial charge is 0.229 e. The summed E-state index contributed by atoms with van der Waals surface area (Å²) in [7, 11) is 0. The van der Waals surface area contributed by atoms with Crippen LogP contribution in [0.2, 0.25) is 0 Å². The molecular weight excluding hydrogens is 290 g/mol. The number of anilines is 1. The summed E-state index contributed by atoms with van der Waals surface area (Å²) in [6.07, 6.45) is 3.90. The highest BCUT2D eigenvalue weighted by Gasteiger charge is 2.27. The molecule has 3 rings (SSSR count). The van der Waals surface area contributed by atoms with Crippen LogP contribution in [0.1, 0.15) is 43.6 Å². The number of hydrogen-bond donors (Lipinski definition) is 1. The molecule has 2 N–H and O–H groups in total. The van der Waals surface area contributed by atoms with E-state index in [2.05, 4.69) is 11.0 Å². The predicted molar refractivity (Wildman–Crippen MR) is 89.8 cm³/mol. The van der Waals surface area contributed by atoms with Gasteiger partial charge in [-0.3, -0.25) is 14.5 Å². The fraction of sp³-hybridized carbons (Fsp3) is 0.556. The van der Waals surface area contributed by atoms with Crippen LogP contribution in [0.3, 0.4) is 0 Å². The van der Waals surface area contributed by atoms with Crippen molar-refractivity contribution in [3.63, 3.8) is 0 Å². The molecule has 0 aromatic heterocycles. The van der Waals surface area contributed by atoms with Crippen molar-refractivity contribution in [1.82, 2.24) is 9.80 Å². The molecule has 0 atom stereocenters. The Labute approximate surface area is 137 Å². The molecule has 2 fully saturated rings. The lowest BCUT2D eigenvalue weighted by atomic mass is 9.88. The molecule has 2 aliphatic rings. The number of likely N-dealkylation sites (tertiary alicyclic amines) is 2. The Kier molecular flexibility index (Phi) is 4.96. The molecule has 0 saturated carbocycles. The number of imide groups is 1. The summed E-state index contributed by atoms with van der Waals surface area (Å²) in [6, 6.07) is 8.11. The summed E-state index contributed by atoms with van der Waals surface area (Å²) in [6.45, 7) is 3.31. The van der Waals surface area contributed by atoms with Gasteiger partial charge < -0.3 is 10.6 Å². The van der Waals surface area contributed by atoms with Gasteiger partial charge >= 0.3 is 0 Å². The van der Waals surface area contributed by atoms with Crippen LogP contribution in [0.15, 0.2) is 24.3 Å². The third kappa shape index (κ3) is 3.72. The number of piperidine rings is 2. The first-order chi connectivity index (χ1) is 11.1. The minimum absolute atomic E-state index is 0.00630. The Hall–Kier alpha value is -1.88. The largest absolute Gasteiger partial charge is 0.398 e. The molecule has 5 heteroatoms. The molecule has 1 aromatic rings. The second kappa shape index (κ2) is 7.13. The van der Waals surface area contributed by atoms with Crippen molar-refractivity contribution >= 4 is 17.5 Å².